The van der Waals surface area contributed by atoms with Crippen LogP contribution in [0.1, 0.15) is 45.4 Å². The van der Waals surface area contributed by atoms with Gasteiger partial charge in [0.1, 0.15) is 12.2 Å². The average Bonchev–Trinajstić information content (AvgIpc) is 2.49. The van der Waals surface area contributed by atoms with Gasteiger partial charge >= 0.3 is 11.9 Å². The van der Waals surface area contributed by atoms with Crippen LogP contribution in [0, 0.1) is 11.8 Å². The standard InChI is InChI=1S/C18H26O6/c1-12(2)16(20)24-18-7-13-4-14(8-18)6-17(5-13,10-18)23-9-15(19)22-11-21-3/h13-14H,1,4-11H2,2-3H3. The van der Waals surface area contributed by atoms with Crippen LogP contribution in [-0.4, -0.2) is 43.7 Å². The van der Waals surface area contributed by atoms with Crippen LogP contribution in [0.3, 0.4) is 0 Å². The molecule has 0 N–H and O–H groups in total. The summed E-state index contributed by atoms with van der Waals surface area (Å²) < 4.78 is 21.5. The molecule has 24 heavy (non-hydrogen) atoms. The highest BCUT2D eigenvalue weighted by Crippen LogP contribution is 2.60. The molecule has 0 aromatic heterocycles. The minimum atomic E-state index is -0.462. The van der Waals surface area contributed by atoms with Crippen LogP contribution < -0.4 is 0 Å². The van der Waals surface area contributed by atoms with Crippen molar-refractivity contribution >= 4 is 11.9 Å². The molecule has 0 aliphatic heterocycles. The van der Waals surface area contributed by atoms with Gasteiger partial charge in [-0.25, -0.2) is 9.59 Å². The summed E-state index contributed by atoms with van der Waals surface area (Å²) in [5.74, 6) is 0.213. The normalized spacial score (nSPS) is 36.4. The van der Waals surface area contributed by atoms with E-state index >= 15 is 0 Å². The highest BCUT2D eigenvalue weighted by atomic mass is 16.7. The van der Waals surface area contributed by atoms with E-state index in [1.54, 1.807) is 6.92 Å². The van der Waals surface area contributed by atoms with Crippen molar-refractivity contribution in [3.8, 4) is 0 Å². The molecule has 0 radical (unpaired) electrons. The van der Waals surface area contributed by atoms with E-state index in [0.29, 0.717) is 23.8 Å². The summed E-state index contributed by atoms with van der Waals surface area (Å²) in [5, 5.41) is 0. The fourth-order valence-electron chi connectivity index (χ4n) is 5.05. The third kappa shape index (κ3) is 3.49. The van der Waals surface area contributed by atoms with Crippen molar-refractivity contribution in [2.75, 3.05) is 20.5 Å². The number of rotatable bonds is 7. The largest absolute Gasteiger partial charge is 0.456 e. The number of hydrogen-bond acceptors (Lipinski definition) is 6. The molecule has 0 saturated heterocycles. The van der Waals surface area contributed by atoms with Crippen molar-refractivity contribution in [2.45, 2.75) is 56.7 Å². The minimum Gasteiger partial charge on any atom is -0.456 e. The third-order valence-corrected chi connectivity index (χ3v) is 5.45. The Labute approximate surface area is 142 Å². The molecule has 2 atom stereocenters. The molecule has 4 bridgehead atoms. The van der Waals surface area contributed by atoms with Crippen molar-refractivity contribution in [3.63, 3.8) is 0 Å². The van der Waals surface area contributed by atoms with E-state index in [2.05, 4.69) is 6.58 Å². The molecule has 0 amide bonds. The van der Waals surface area contributed by atoms with Gasteiger partial charge in [0.25, 0.3) is 0 Å². The number of methoxy groups -OCH3 is 1. The van der Waals surface area contributed by atoms with Gasteiger partial charge in [-0.05, 0) is 50.9 Å². The summed E-state index contributed by atoms with van der Waals surface area (Å²) in [5.41, 5.74) is -0.425. The van der Waals surface area contributed by atoms with Crippen molar-refractivity contribution in [1.82, 2.24) is 0 Å². The van der Waals surface area contributed by atoms with E-state index in [9.17, 15) is 9.59 Å². The van der Waals surface area contributed by atoms with E-state index in [1.807, 2.05) is 0 Å². The van der Waals surface area contributed by atoms with Crippen LogP contribution in [0.2, 0.25) is 0 Å². The zero-order valence-electron chi connectivity index (χ0n) is 14.5. The van der Waals surface area contributed by atoms with E-state index in [4.69, 9.17) is 18.9 Å². The lowest BCUT2D eigenvalue weighted by atomic mass is 9.52. The number of carbonyl (C=O) groups is 2. The second-order valence-corrected chi connectivity index (χ2v) is 7.71. The van der Waals surface area contributed by atoms with Crippen LogP contribution in [0.4, 0.5) is 0 Å². The van der Waals surface area contributed by atoms with E-state index in [1.165, 1.54) is 7.11 Å². The fraction of sp³-hybridized carbons (Fsp3) is 0.778. The predicted molar refractivity (Wildman–Crippen MR) is 85.0 cm³/mol. The maximum absolute atomic E-state index is 12.1. The Kier molecular flexibility index (Phi) is 4.71. The van der Waals surface area contributed by atoms with Gasteiger partial charge in [0, 0.05) is 19.1 Å². The molecule has 0 heterocycles. The Bertz CT molecular complexity index is 526. The first kappa shape index (κ1) is 17.4. The minimum absolute atomic E-state index is 0.0688. The Morgan fingerprint density at radius 3 is 2.33 bits per heavy atom. The summed E-state index contributed by atoms with van der Waals surface area (Å²) in [7, 11) is 1.47. The molecule has 6 nitrogen and oxygen atoms in total. The van der Waals surface area contributed by atoms with Crippen LogP contribution in [0.5, 0.6) is 0 Å². The lowest BCUT2D eigenvalue weighted by Gasteiger charge is -2.60. The van der Waals surface area contributed by atoms with Crippen LogP contribution >= 0.6 is 0 Å². The van der Waals surface area contributed by atoms with Crippen molar-refractivity contribution in [1.29, 1.82) is 0 Å². The van der Waals surface area contributed by atoms with Crippen molar-refractivity contribution in [3.05, 3.63) is 12.2 Å². The molecule has 4 rings (SSSR count). The number of carbonyl (C=O) groups excluding carboxylic acids is 2. The number of ether oxygens (including phenoxy) is 4. The summed E-state index contributed by atoms with van der Waals surface area (Å²) in [6.45, 7) is 5.19. The molecular formula is C18H26O6. The van der Waals surface area contributed by atoms with Crippen LogP contribution in [-0.2, 0) is 28.5 Å². The van der Waals surface area contributed by atoms with Gasteiger partial charge in [0.05, 0.1) is 5.60 Å². The highest BCUT2D eigenvalue weighted by molar-refractivity contribution is 5.87. The van der Waals surface area contributed by atoms with Gasteiger partial charge in [-0.15, -0.1) is 0 Å². The zero-order valence-corrected chi connectivity index (χ0v) is 14.5. The van der Waals surface area contributed by atoms with Gasteiger partial charge in [-0.1, -0.05) is 6.58 Å². The molecule has 6 heteroatoms. The van der Waals surface area contributed by atoms with Gasteiger partial charge in [0.2, 0.25) is 0 Å². The summed E-state index contributed by atoms with van der Waals surface area (Å²) in [6, 6.07) is 0. The van der Waals surface area contributed by atoms with Crippen LogP contribution in [0.25, 0.3) is 0 Å². The van der Waals surface area contributed by atoms with Crippen molar-refractivity contribution < 1.29 is 28.5 Å². The maximum Gasteiger partial charge on any atom is 0.334 e. The molecule has 2 unspecified atom stereocenters. The third-order valence-electron chi connectivity index (χ3n) is 5.45. The van der Waals surface area contributed by atoms with Gasteiger partial charge in [-0.2, -0.15) is 0 Å². The van der Waals surface area contributed by atoms with Gasteiger partial charge in [0.15, 0.2) is 6.79 Å². The van der Waals surface area contributed by atoms with Crippen LogP contribution in [0.15, 0.2) is 12.2 Å². The molecule has 134 valence electrons. The molecule has 4 aliphatic carbocycles. The highest BCUT2D eigenvalue weighted by Gasteiger charge is 2.60. The first-order chi connectivity index (χ1) is 11.4. The van der Waals surface area contributed by atoms with Gasteiger partial charge in [-0.3, -0.25) is 0 Å². The lowest BCUT2D eigenvalue weighted by Crippen LogP contribution is -2.61. The quantitative estimate of drug-likeness (QED) is 0.403. The Hall–Kier alpha value is -1.40. The van der Waals surface area contributed by atoms with E-state index in [0.717, 1.165) is 32.1 Å². The molecule has 4 fully saturated rings. The van der Waals surface area contributed by atoms with Gasteiger partial charge < -0.3 is 18.9 Å². The molecule has 0 spiro atoms. The molecule has 4 aliphatic rings. The molecule has 4 saturated carbocycles. The second-order valence-electron chi connectivity index (χ2n) is 7.71. The van der Waals surface area contributed by atoms with E-state index in [-0.39, 0.29) is 25.0 Å². The second kappa shape index (κ2) is 6.48. The molecule has 0 aromatic carbocycles. The maximum atomic E-state index is 12.1. The Morgan fingerprint density at radius 2 is 1.75 bits per heavy atom. The first-order valence-electron chi connectivity index (χ1n) is 8.53. The SMILES string of the molecule is C=C(C)C(=O)OC12CC3CC(CC(OCC(=O)OCOC)(C3)C1)C2. The number of hydrogen-bond donors (Lipinski definition) is 0. The summed E-state index contributed by atoms with van der Waals surface area (Å²) >= 11 is 0. The predicted octanol–water partition coefficient (Wildman–Crippen LogP) is 2.36. The average molecular weight is 338 g/mol. The van der Waals surface area contributed by atoms with E-state index < -0.39 is 11.6 Å². The Balaban J connectivity index is 1.67. The molecular weight excluding hydrogens is 312 g/mol. The fourth-order valence-corrected chi connectivity index (χ4v) is 5.05. The summed E-state index contributed by atoms with van der Waals surface area (Å²) in [6.07, 6.45) is 5.44. The lowest BCUT2D eigenvalue weighted by molar-refractivity contribution is -0.234. The monoisotopic (exact) mass is 338 g/mol. The first-order valence-corrected chi connectivity index (χ1v) is 8.53. The Morgan fingerprint density at radius 1 is 1.12 bits per heavy atom. The number of esters is 2. The topological polar surface area (TPSA) is 71.1 Å². The smallest absolute Gasteiger partial charge is 0.334 e. The zero-order chi connectivity index (χ0) is 17.4. The molecule has 0 aromatic rings. The van der Waals surface area contributed by atoms with Crippen molar-refractivity contribution in [2.24, 2.45) is 11.8 Å². The summed E-state index contributed by atoms with van der Waals surface area (Å²) in [4.78, 5) is 23.8.